The third-order valence-electron chi connectivity index (χ3n) is 4.30. The van der Waals surface area contributed by atoms with Crippen LogP contribution in [0.15, 0.2) is 0 Å². The molecule has 0 aromatic rings. The van der Waals surface area contributed by atoms with Gasteiger partial charge in [0, 0.05) is 25.2 Å². The second-order valence-electron chi connectivity index (χ2n) is 5.52. The maximum absolute atomic E-state index is 12.4. The molecule has 2 aliphatic heterocycles. The third-order valence-corrected chi connectivity index (χ3v) is 4.30. The molecule has 0 aromatic heterocycles. The minimum absolute atomic E-state index is 0.0333. The van der Waals surface area contributed by atoms with Crippen molar-refractivity contribution in [2.75, 3.05) is 33.2 Å². The predicted octanol–water partition coefficient (Wildman–Crippen LogP) is 0.295. The molecule has 2 fully saturated rings. The monoisotopic (exact) mass is 279 g/mol. The zero-order chi connectivity index (χ0) is 14.7. The van der Waals surface area contributed by atoms with Gasteiger partial charge in [-0.2, -0.15) is 0 Å². The number of carbonyl (C=O) groups excluding carboxylic acids is 1. The summed E-state index contributed by atoms with van der Waals surface area (Å²) < 4.78 is 0. The molecule has 0 aliphatic carbocycles. The van der Waals surface area contributed by atoms with Crippen molar-refractivity contribution in [3.63, 3.8) is 0 Å². The molecule has 1 N–H and O–H groups in total. The molecule has 2 atom stereocenters. The lowest BCUT2D eigenvalue weighted by molar-refractivity contribution is -0.137. The van der Waals surface area contributed by atoms with Gasteiger partial charge in [-0.1, -0.05) is 5.92 Å². The highest BCUT2D eigenvalue weighted by molar-refractivity contribution is 5.80. The van der Waals surface area contributed by atoms with Crippen molar-refractivity contribution in [1.29, 1.82) is 0 Å². The average Bonchev–Trinajstić information content (AvgIpc) is 2.61. The molecule has 2 rings (SSSR count). The molecule has 110 valence electrons. The number of carbonyl (C=O) groups is 2. The predicted molar refractivity (Wildman–Crippen MR) is 74.2 cm³/mol. The lowest BCUT2D eigenvalue weighted by atomic mass is 10.1. The van der Waals surface area contributed by atoms with Crippen molar-refractivity contribution in [3.05, 3.63) is 0 Å². The van der Waals surface area contributed by atoms with E-state index < -0.39 is 5.97 Å². The van der Waals surface area contributed by atoms with E-state index >= 15 is 0 Å². The highest BCUT2D eigenvalue weighted by Gasteiger charge is 2.37. The van der Waals surface area contributed by atoms with E-state index in [4.69, 9.17) is 11.5 Å². The Morgan fingerprint density at radius 1 is 1.35 bits per heavy atom. The summed E-state index contributed by atoms with van der Waals surface area (Å²) in [6.45, 7) is 1.02. The molecule has 2 amide bonds. The SMILES string of the molecule is C#CCN(CC(=O)O)C(=O)N1CCC2CCC(C1)N2C. The lowest BCUT2D eigenvalue weighted by Gasteiger charge is -2.30. The van der Waals surface area contributed by atoms with E-state index in [0.717, 1.165) is 12.8 Å². The fourth-order valence-corrected chi connectivity index (χ4v) is 3.15. The first-order valence-electron chi connectivity index (χ1n) is 6.94. The maximum atomic E-state index is 12.4. The number of hydrogen-bond donors (Lipinski definition) is 1. The Bertz CT molecular complexity index is 432. The van der Waals surface area contributed by atoms with E-state index in [1.165, 1.54) is 11.3 Å². The number of fused-ring (bicyclic) bond motifs is 2. The topological polar surface area (TPSA) is 64.1 Å². The van der Waals surface area contributed by atoms with Crippen LogP contribution in [0.25, 0.3) is 0 Å². The van der Waals surface area contributed by atoms with Gasteiger partial charge in [0.15, 0.2) is 0 Å². The summed E-state index contributed by atoms with van der Waals surface area (Å²) >= 11 is 0. The van der Waals surface area contributed by atoms with Gasteiger partial charge in [-0.3, -0.25) is 9.69 Å². The number of amides is 2. The Morgan fingerprint density at radius 2 is 2.05 bits per heavy atom. The fraction of sp³-hybridized carbons (Fsp3) is 0.714. The summed E-state index contributed by atoms with van der Waals surface area (Å²) in [5.74, 6) is 1.32. The molecule has 0 aromatic carbocycles. The first-order valence-corrected chi connectivity index (χ1v) is 6.94. The number of aliphatic carboxylic acids is 1. The van der Waals surface area contributed by atoms with Crippen LogP contribution in [0.4, 0.5) is 4.79 Å². The van der Waals surface area contributed by atoms with Gasteiger partial charge in [0.1, 0.15) is 6.54 Å². The highest BCUT2D eigenvalue weighted by Crippen LogP contribution is 2.28. The normalized spacial score (nSPS) is 25.9. The van der Waals surface area contributed by atoms with Gasteiger partial charge in [0.2, 0.25) is 0 Å². The second kappa shape index (κ2) is 6.14. The fourth-order valence-electron chi connectivity index (χ4n) is 3.15. The number of hydrogen-bond acceptors (Lipinski definition) is 3. The number of urea groups is 1. The number of rotatable bonds is 3. The molecule has 0 radical (unpaired) electrons. The van der Waals surface area contributed by atoms with Crippen LogP contribution in [0.1, 0.15) is 19.3 Å². The zero-order valence-corrected chi connectivity index (χ0v) is 11.8. The van der Waals surface area contributed by atoms with Crippen LogP contribution in [0.3, 0.4) is 0 Å². The Hall–Kier alpha value is -1.74. The number of nitrogens with zero attached hydrogens (tertiary/aromatic N) is 3. The lowest BCUT2D eigenvalue weighted by Crippen LogP contribution is -2.48. The van der Waals surface area contributed by atoms with Gasteiger partial charge in [0.05, 0.1) is 6.54 Å². The van der Waals surface area contributed by atoms with Crippen molar-refractivity contribution in [1.82, 2.24) is 14.7 Å². The summed E-state index contributed by atoms with van der Waals surface area (Å²) in [6.07, 6.45) is 8.45. The maximum Gasteiger partial charge on any atom is 0.323 e. The average molecular weight is 279 g/mol. The van der Waals surface area contributed by atoms with E-state index in [2.05, 4.69) is 17.9 Å². The van der Waals surface area contributed by atoms with E-state index in [0.29, 0.717) is 25.2 Å². The third kappa shape index (κ3) is 3.05. The summed E-state index contributed by atoms with van der Waals surface area (Å²) in [4.78, 5) is 28.6. The van der Waals surface area contributed by atoms with Crippen molar-refractivity contribution >= 4 is 12.0 Å². The molecule has 2 saturated heterocycles. The molecule has 6 heteroatoms. The quantitative estimate of drug-likeness (QED) is 0.755. The first kappa shape index (κ1) is 14.7. The van der Waals surface area contributed by atoms with Crippen molar-refractivity contribution in [2.45, 2.75) is 31.3 Å². The number of carboxylic acid groups (broad SMARTS) is 1. The van der Waals surface area contributed by atoms with Crippen LogP contribution in [0.5, 0.6) is 0 Å². The molecule has 6 nitrogen and oxygen atoms in total. The molecule has 0 spiro atoms. The zero-order valence-electron chi connectivity index (χ0n) is 11.8. The molecule has 0 saturated carbocycles. The van der Waals surface area contributed by atoms with Crippen LogP contribution in [0, 0.1) is 12.3 Å². The minimum atomic E-state index is -1.04. The minimum Gasteiger partial charge on any atom is -0.480 e. The van der Waals surface area contributed by atoms with Crippen molar-refractivity contribution in [3.8, 4) is 12.3 Å². The van der Waals surface area contributed by atoms with E-state index in [1.54, 1.807) is 4.90 Å². The number of likely N-dealkylation sites (tertiary alicyclic amines) is 1. The first-order chi connectivity index (χ1) is 9.52. The van der Waals surface area contributed by atoms with E-state index in [1.807, 2.05) is 0 Å². The van der Waals surface area contributed by atoms with E-state index in [9.17, 15) is 9.59 Å². The van der Waals surface area contributed by atoms with Crippen LogP contribution in [-0.2, 0) is 4.79 Å². The van der Waals surface area contributed by atoms with Crippen molar-refractivity contribution in [2.24, 2.45) is 0 Å². The van der Waals surface area contributed by atoms with Gasteiger partial charge < -0.3 is 14.9 Å². The van der Waals surface area contributed by atoms with Crippen LogP contribution in [0.2, 0.25) is 0 Å². The van der Waals surface area contributed by atoms with Gasteiger partial charge in [-0.15, -0.1) is 6.42 Å². The van der Waals surface area contributed by atoms with Gasteiger partial charge >= 0.3 is 12.0 Å². The Balaban J connectivity index is 2.04. The number of terminal acetylenes is 1. The van der Waals surface area contributed by atoms with Gasteiger partial charge in [-0.05, 0) is 26.3 Å². The van der Waals surface area contributed by atoms with Crippen LogP contribution in [-0.4, -0.2) is 77.1 Å². The molecule has 2 heterocycles. The Labute approximate surface area is 119 Å². The smallest absolute Gasteiger partial charge is 0.323 e. The Morgan fingerprint density at radius 3 is 2.70 bits per heavy atom. The van der Waals surface area contributed by atoms with Crippen LogP contribution >= 0.6 is 0 Å². The van der Waals surface area contributed by atoms with E-state index in [-0.39, 0.29) is 19.1 Å². The van der Waals surface area contributed by atoms with Gasteiger partial charge in [-0.25, -0.2) is 4.79 Å². The molecule has 2 bridgehead atoms. The van der Waals surface area contributed by atoms with Crippen molar-refractivity contribution < 1.29 is 14.7 Å². The largest absolute Gasteiger partial charge is 0.480 e. The molecule has 20 heavy (non-hydrogen) atoms. The summed E-state index contributed by atoms with van der Waals surface area (Å²) in [5, 5.41) is 8.87. The molecule has 2 aliphatic rings. The summed E-state index contributed by atoms with van der Waals surface area (Å²) in [6, 6.07) is 0.661. The standard InChI is InChI=1S/C14H21N3O3/c1-3-7-16(10-13(18)19)14(20)17-8-6-11-4-5-12(9-17)15(11)2/h1,11-12H,4-10H2,2H3,(H,18,19). The highest BCUT2D eigenvalue weighted by atomic mass is 16.4. The molecular formula is C14H21N3O3. The molecule has 2 unspecified atom stereocenters. The van der Waals surface area contributed by atoms with Crippen LogP contribution < -0.4 is 0 Å². The number of carboxylic acids is 1. The number of likely N-dealkylation sites (N-methyl/N-ethyl adjacent to an activating group) is 1. The molecular weight excluding hydrogens is 258 g/mol. The summed E-state index contributed by atoms with van der Waals surface area (Å²) in [7, 11) is 2.10. The summed E-state index contributed by atoms with van der Waals surface area (Å²) in [5.41, 5.74) is 0. The Kier molecular flexibility index (Phi) is 4.50. The second-order valence-corrected chi connectivity index (χ2v) is 5.52. The van der Waals surface area contributed by atoms with Gasteiger partial charge in [0.25, 0.3) is 0 Å².